The highest BCUT2D eigenvalue weighted by Gasteiger charge is 2.16. The maximum atomic E-state index is 8.97. The summed E-state index contributed by atoms with van der Waals surface area (Å²) >= 11 is 0. The van der Waals surface area contributed by atoms with E-state index in [0.29, 0.717) is 12.3 Å². The quantitative estimate of drug-likeness (QED) is 0.750. The summed E-state index contributed by atoms with van der Waals surface area (Å²) in [5.74, 6) is 2.32. The third-order valence-electron chi connectivity index (χ3n) is 3.38. The zero-order valence-electron chi connectivity index (χ0n) is 11.9. The van der Waals surface area contributed by atoms with Gasteiger partial charge in [-0.3, -0.25) is 0 Å². The normalized spacial score (nSPS) is 11.9. The molecule has 0 aliphatic carbocycles. The standard InChI is InChI=1S/C18H19NO/c1-14(2)18(11-12-19)15-7-6-10-17(13-15)20-16-8-4-3-5-9-16/h3-10,13-14,18H,11H2,1-2H3. The second kappa shape index (κ2) is 6.77. The van der Waals surface area contributed by atoms with Gasteiger partial charge in [-0.2, -0.15) is 5.26 Å². The minimum absolute atomic E-state index is 0.249. The average Bonchev–Trinajstić information content (AvgIpc) is 2.46. The van der Waals surface area contributed by atoms with E-state index < -0.39 is 0 Å². The molecule has 1 unspecified atom stereocenters. The molecule has 2 heteroatoms. The van der Waals surface area contributed by atoms with E-state index in [0.717, 1.165) is 17.1 Å². The van der Waals surface area contributed by atoms with Gasteiger partial charge in [-0.25, -0.2) is 0 Å². The van der Waals surface area contributed by atoms with Crippen molar-refractivity contribution in [1.29, 1.82) is 5.26 Å². The minimum Gasteiger partial charge on any atom is -0.457 e. The van der Waals surface area contributed by atoms with E-state index in [2.05, 4.69) is 26.0 Å². The second-order valence-corrected chi connectivity index (χ2v) is 5.20. The summed E-state index contributed by atoms with van der Waals surface area (Å²) in [5.41, 5.74) is 1.16. The predicted molar refractivity (Wildman–Crippen MR) is 80.8 cm³/mol. The van der Waals surface area contributed by atoms with Gasteiger partial charge in [0, 0.05) is 6.42 Å². The lowest BCUT2D eigenvalue weighted by Gasteiger charge is -2.19. The fraction of sp³-hybridized carbons (Fsp3) is 0.278. The van der Waals surface area contributed by atoms with Crippen LogP contribution in [0.3, 0.4) is 0 Å². The molecule has 0 aromatic heterocycles. The molecule has 0 heterocycles. The molecule has 0 spiro atoms. The highest BCUT2D eigenvalue weighted by molar-refractivity contribution is 5.35. The monoisotopic (exact) mass is 265 g/mol. The van der Waals surface area contributed by atoms with Gasteiger partial charge in [0.05, 0.1) is 6.07 Å². The first kappa shape index (κ1) is 14.1. The van der Waals surface area contributed by atoms with E-state index in [1.807, 2.05) is 48.5 Å². The molecule has 0 bridgehead atoms. The van der Waals surface area contributed by atoms with Gasteiger partial charge in [-0.05, 0) is 41.7 Å². The van der Waals surface area contributed by atoms with Crippen molar-refractivity contribution >= 4 is 0 Å². The summed E-state index contributed by atoms with van der Waals surface area (Å²) in [4.78, 5) is 0. The fourth-order valence-electron chi connectivity index (χ4n) is 2.27. The maximum Gasteiger partial charge on any atom is 0.127 e. The molecule has 20 heavy (non-hydrogen) atoms. The number of hydrogen-bond donors (Lipinski definition) is 0. The molecule has 0 saturated heterocycles. The van der Waals surface area contributed by atoms with Gasteiger partial charge in [-0.1, -0.05) is 44.2 Å². The third kappa shape index (κ3) is 3.61. The largest absolute Gasteiger partial charge is 0.457 e. The van der Waals surface area contributed by atoms with Gasteiger partial charge in [0.25, 0.3) is 0 Å². The van der Waals surface area contributed by atoms with Gasteiger partial charge < -0.3 is 4.74 Å². The number of rotatable bonds is 5. The van der Waals surface area contributed by atoms with Crippen LogP contribution in [0.1, 0.15) is 31.7 Å². The summed E-state index contributed by atoms with van der Waals surface area (Å²) < 4.78 is 5.84. The minimum atomic E-state index is 0.249. The Kier molecular flexibility index (Phi) is 4.79. The Morgan fingerprint density at radius 3 is 2.35 bits per heavy atom. The molecule has 0 aliphatic heterocycles. The summed E-state index contributed by atoms with van der Waals surface area (Å²) in [6.07, 6.45) is 0.534. The summed E-state index contributed by atoms with van der Waals surface area (Å²) in [6.45, 7) is 4.29. The Morgan fingerprint density at radius 1 is 1.00 bits per heavy atom. The summed E-state index contributed by atoms with van der Waals surface area (Å²) in [7, 11) is 0. The summed E-state index contributed by atoms with van der Waals surface area (Å²) in [6, 6.07) is 20.0. The Labute approximate surface area is 120 Å². The smallest absolute Gasteiger partial charge is 0.127 e. The van der Waals surface area contributed by atoms with Gasteiger partial charge in [-0.15, -0.1) is 0 Å². The molecule has 0 amide bonds. The van der Waals surface area contributed by atoms with Crippen molar-refractivity contribution in [3.63, 3.8) is 0 Å². The van der Waals surface area contributed by atoms with Crippen LogP contribution in [0.2, 0.25) is 0 Å². The molecule has 0 aliphatic rings. The highest BCUT2D eigenvalue weighted by Crippen LogP contribution is 2.31. The molecule has 0 fully saturated rings. The number of hydrogen-bond acceptors (Lipinski definition) is 2. The van der Waals surface area contributed by atoms with Crippen LogP contribution in [0, 0.1) is 17.2 Å². The van der Waals surface area contributed by atoms with Crippen molar-refractivity contribution in [3.8, 4) is 17.6 Å². The van der Waals surface area contributed by atoms with E-state index in [9.17, 15) is 0 Å². The molecule has 1 atom stereocenters. The van der Waals surface area contributed by atoms with Gasteiger partial charge >= 0.3 is 0 Å². The fourth-order valence-corrected chi connectivity index (χ4v) is 2.27. The highest BCUT2D eigenvalue weighted by atomic mass is 16.5. The Bertz CT molecular complexity index is 584. The molecule has 2 aromatic rings. The first-order valence-corrected chi connectivity index (χ1v) is 6.90. The number of para-hydroxylation sites is 1. The van der Waals surface area contributed by atoms with Gasteiger partial charge in [0.15, 0.2) is 0 Å². The molecular weight excluding hydrogens is 246 g/mol. The topological polar surface area (TPSA) is 33.0 Å². The molecule has 0 saturated carbocycles. The summed E-state index contributed by atoms with van der Waals surface area (Å²) in [5, 5.41) is 8.97. The van der Waals surface area contributed by atoms with Crippen LogP contribution in [-0.4, -0.2) is 0 Å². The molecule has 2 rings (SSSR count). The van der Waals surface area contributed by atoms with E-state index >= 15 is 0 Å². The van der Waals surface area contributed by atoms with Crippen molar-refractivity contribution in [1.82, 2.24) is 0 Å². The Morgan fingerprint density at radius 2 is 1.70 bits per heavy atom. The SMILES string of the molecule is CC(C)C(CC#N)c1cccc(Oc2ccccc2)c1. The van der Waals surface area contributed by atoms with Crippen molar-refractivity contribution in [2.24, 2.45) is 5.92 Å². The van der Waals surface area contributed by atoms with E-state index in [4.69, 9.17) is 10.00 Å². The van der Waals surface area contributed by atoms with Crippen LogP contribution in [-0.2, 0) is 0 Å². The van der Waals surface area contributed by atoms with Crippen LogP contribution in [0.15, 0.2) is 54.6 Å². The maximum absolute atomic E-state index is 8.97. The lowest BCUT2D eigenvalue weighted by Crippen LogP contribution is -2.06. The van der Waals surface area contributed by atoms with Crippen molar-refractivity contribution < 1.29 is 4.74 Å². The molecule has 2 nitrogen and oxygen atoms in total. The van der Waals surface area contributed by atoms with Crippen LogP contribution in [0.4, 0.5) is 0 Å². The zero-order chi connectivity index (χ0) is 14.4. The van der Waals surface area contributed by atoms with Crippen molar-refractivity contribution in [2.75, 3.05) is 0 Å². The average molecular weight is 265 g/mol. The number of nitrogens with zero attached hydrogens (tertiary/aromatic N) is 1. The predicted octanol–water partition coefficient (Wildman–Crippen LogP) is 5.13. The number of benzene rings is 2. The van der Waals surface area contributed by atoms with Crippen LogP contribution < -0.4 is 4.74 Å². The van der Waals surface area contributed by atoms with Crippen LogP contribution in [0.25, 0.3) is 0 Å². The molecule has 2 aromatic carbocycles. The lowest BCUT2D eigenvalue weighted by molar-refractivity contribution is 0.474. The van der Waals surface area contributed by atoms with E-state index in [1.165, 1.54) is 0 Å². The van der Waals surface area contributed by atoms with Crippen LogP contribution >= 0.6 is 0 Å². The van der Waals surface area contributed by atoms with E-state index in [1.54, 1.807) is 0 Å². The van der Waals surface area contributed by atoms with Crippen molar-refractivity contribution in [3.05, 3.63) is 60.2 Å². The van der Waals surface area contributed by atoms with E-state index in [-0.39, 0.29) is 5.92 Å². The third-order valence-corrected chi connectivity index (χ3v) is 3.38. The first-order chi connectivity index (χ1) is 9.70. The lowest BCUT2D eigenvalue weighted by atomic mass is 9.86. The first-order valence-electron chi connectivity index (χ1n) is 6.90. The number of ether oxygens (including phenoxy) is 1. The zero-order valence-corrected chi connectivity index (χ0v) is 11.9. The van der Waals surface area contributed by atoms with Crippen molar-refractivity contribution in [2.45, 2.75) is 26.2 Å². The van der Waals surface area contributed by atoms with Gasteiger partial charge in [0.2, 0.25) is 0 Å². The second-order valence-electron chi connectivity index (χ2n) is 5.20. The molecule has 0 N–H and O–H groups in total. The molecule has 102 valence electrons. The molecule has 0 radical (unpaired) electrons. The molecular formula is C18H19NO. The van der Waals surface area contributed by atoms with Gasteiger partial charge in [0.1, 0.15) is 11.5 Å². The Balaban J connectivity index is 2.21. The number of nitriles is 1. The van der Waals surface area contributed by atoms with Crippen LogP contribution in [0.5, 0.6) is 11.5 Å². The Hall–Kier alpha value is -2.27.